The number of nitrogens with one attached hydrogen (secondary N) is 1. The average molecular weight is 279 g/mol. The van der Waals surface area contributed by atoms with Gasteiger partial charge in [0.15, 0.2) is 0 Å². The van der Waals surface area contributed by atoms with Gasteiger partial charge in [0.1, 0.15) is 0 Å². The van der Waals surface area contributed by atoms with Gasteiger partial charge in [0, 0.05) is 25.3 Å². The molecule has 0 aromatic heterocycles. The van der Waals surface area contributed by atoms with Crippen LogP contribution in [-0.2, 0) is 4.74 Å². The lowest BCUT2D eigenvalue weighted by atomic mass is 10.1. The van der Waals surface area contributed by atoms with Gasteiger partial charge < -0.3 is 15.2 Å². The molecule has 5 heteroatoms. The quantitative estimate of drug-likeness (QED) is 0.680. The van der Waals surface area contributed by atoms with E-state index in [0.29, 0.717) is 18.7 Å². The highest BCUT2D eigenvalue weighted by atomic mass is 16.5. The van der Waals surface area contributed by atoms with Crippen LogP contribution in [0.25, 0.3) is 0 Å². The summed E-state index contributed by atoms with van der Waals surface area (Å²) in [6.07, 6.45) is 2.90. The summed E-state index contributed by atoms with van der Waals surface area (Å²) in [5.74, 6) is -1.30. The minimum Gasteiger partial charge on any atom is -0.478 e. The number of carboxylic acids is 1. The first-order chi connectivity index (χ1) is 9.65. The predicted molar refractivity (Wildman–Crippen MR) is 76.1 cm³/mol. The number of unbranched alkanes of at least 4 members (excludes halogenated alkanes) is 1. The third kappa shape index (κ3) is 5.84. The van der Waals surface area contributed by atoms with Crippen molar-refractivity contribution in [3.63, 3.8) is 0 Å². The minimum absolute atomic E-state index is 0.112. The van der Waals surface area contributed by atoms with Gasteiger partial charge in [-0.25, -0.2) is 4.79 Å². The van der Waals surface area contributed by atoms with Gasteiger partial charge in [-0.3, -0.25) is 4.79 Å². The van der Waals surface area contributed by atoms with Crippen LogP contribution in [0.5, 0.6) is 0 Å². The van der Waals surface area contributed by atoms with E-state index in [9.17, 15) is 9.59 Å². The van der Waals surface area contributed by atoms with E-state index in [1.807, 2.05) is 0 Å². The molecule has 0 aliphatic carbocycles. The fourth-order valence-electron chi connectivity index (χ4n) is 1.62. The summed E-state index contributed by atoms with van der Waals surface area (Å²) in [6, 6.07) is 5.99. The van der Waals surface area contributed by atoms with E-state index in [-0.39, 0.29) is 11.5 Å². The molecule has 5 nitrogen and oxygen atoms in total. The number of carboxylic acid groups (broad SMARTS) is 1. The first-order valence-electron chi connectivity index (χ1n) is 6.84. The van der Waals surface area contributed by atoms with E-state index in [1.54, 1.807) is 12.1 Å². The Morgan fingerprint density at radius 2 is 1.90 bits per heavy atom. The van der Waals surface area contributed by atoms with Crippen LogP contribution >= 0.6 is 0 Å². The normalized spacial score (nSPS) is 10.2. The van der Waals surface area contributed by atoms with Crippen LogP contribution in [0, 0.1) is 0 Å². The van der Waals surface area contributed by atoms with Crippen molar-refractivity contribution in [1.29, 1.82) is 0 Å². The van der Waals surface area contributed by atoms with Gasteiger partial charge in [0.2, 0.25) is 0 Å². The van der Waals surface area contributed by atoms with Crippen molar-refractivity contribution >= 4 is 11.9 Å². The molecule has 1 rings (SSSR count). The zero-order valence-corrected chi connectivity index (χ0v) is 11.7. The Balaban J connectivity index is 2.29. The maximum atomic E-state index is 11.8. The summed E-state index contributed by atoms with van der Waals surface area (Å²) >= 11 is 0. The van der Waals surface area contributed by atoms with Crippen LogP contribution in [0.4, 0.5) is 0 Å². The van der Waals surface area contributed by atoms with E-state index in [1.165, 1.54) is 12.1 Å². The predicted octanol–water partition coefficient (Wildman–Crippen LogP) is 2.32. The van der Waals surface area contributed by atoms with E-state index in [4.69, 9.17) is 9.84 Å². The van der Waals surface area contributed by atoms with Crippen molar-refractivity contribution < 1.29 is 19.4 Å². The molecule has 0 saturated heterocycles. The number of benzene rings is 1. The number of carbonyl (C=O) groups is 2. The van der Waals surface area contributed by atoms with Gasteiger partial charge in [-0.05, 0) is 31.0 Å². The number of carbonyl (C=O) groups excluding carboxylic acids is 1. The highest BCUT2D eigenvalue weighted by Gasteiger charge is 2.08. The number of aromatic carboxylic acids is 1. The summed E-state index contributed by atoms with van der Waals surface area (Å²) in [5, 5.41) is 11.6. The number of hydrogen-bond acceptors (Lipinski definition) is 3. The topological polar surface area (TPSA) is 75.6 Å². The van der Waals surface area contributed by atoms with Crippen molar-refractivity contribution in [2.24, 2.45) is 0 Å². The van der Waals surface area contributed by atoms with Gasteiger partial charge >= 0.3 is 5.97 Å². The van der Waals surface area contributed by atoms with E-state index in [0.717, 1.165) is 25.9 Å². The summed E-state index contributed by atoms with van der Waals surface area (Å²) < 4.78 is 5.38. The summed E-state index contributed by atoms with van der Waals surface area (Å²) in [4.78, 5) is 22.6. The third-order valence-electron chi connectivity index (χ3n) is 2.76. The van der Waals surface area contributed by atoms with Crippen LogP contribution in [-0.4, -0.2) is 36.7 Å². The molecular weight excluding hydrogens is 258 g/mol. The Morgan fingerprint density at radius 3 is 2.60 bits per heavy atom. The van der Waals surface area contributed by atoms with Crippen LogP contribution in [0.3, 0.4) is 0 Å². The van der Waals surface area contributed by atoms with Crippen LogP contribution < -0.4 is 5.32 Å². The van der Waals surface area contributed by atoms with Crippen LogP contribution in [0.15, 0.2) is 24.3 Å². The van der Waals surface area contributed by atoms with Gasteiger partial charge in [0.05, 0.1) is 5.56 Å². The third-order valence-corrected chi connectivity index (χ3v) is 2.76. The molecule has 0 atom stereocenters. The Hall–Kier alpha value is -1.88. The SMILES string of the molecule is CCCCOCCCNC(=O)c1cccc(C(=O)O)c1. The summed E-state index contributed by atoms with van der Waals surface area (Å²) in [5.41, 5.74) is 0.470. The molecule has 2 N–H and O–H groups in total. The Bertz CT molecular complexity index is 445. The van der Waals surface area contributed by atoms with Crippen molar-refractivity contribution in [3.8, 4) is 0 Å². The summed E-state index contributed by atoms with van der Waals surface area (Å²) in [7, 11) is 0. The Morgan fingerprint density at radius 1 is 1.20 bits per heavy atom. The highest BCUT2D eigenvalue weighted by Crippen LogP contribution is 2.05. The first kappa shape index (κ1) is 16.2. The molecule has 0 saturated carbocycles. The minimum atomic E-state index is -1.04. The van der Waals surface area contributed by atoms with Crippen molar-refractivity contribution in [2.45, 2.75) is 26.2 Å². The maximum absolute atomic E-state index is 11.8. The fourth-order valence-corrected chi connectivity index (χ4v) is 1.62. The van der Waals surface area contributed by atoms with Gasteiger partial charge in [0.25, 0.3) is 5.91 Å². The smallest absolute Gasteiger partial charge is 0.335 e. The molecule has 0 spiro atoms. The van der Waals surface area contributed by atoms with Gasteiger partial charge in [-0.15, -0.1) is 0 Å². The van der Waals surface area contributed by atoms with Crippen molar-refractivity contribution in [3.05, 3.63) is 35.4 Å². The lowest BCUT2D eigenvalue weighted by Crippen LogP contribution is -2.25. The molecule has 1 aromatic rings. The van der Waals surface area contributed by atoms with Crippen LogP contribution in [0.1, 0.15) is 46.9 Å². The molecule has 0 fully saturated rings. The molecular formula is C15H21NO4. The van der Waals surface area contributed by atoms with E-state index >= 15 is 0 Å². The average Bonchev–Trinajstić information content (AvgIpc) is 2.46. The molecule has 0 aliphatic rings. The summed E-state index contributed by atoms with van der Waals surface area (Å²) in [6.45, 7) is 4.00. The van der Waals surface area contributed by atoms with Crippen LogP contribution in [0.2, 0.25) is 0 Å². The zero-order chi connectivity index (χ0) is 14.8. The zero-order valence-electron chi connectivity index (χ0n) is 11.7. The second-order valence-electron chi connectivity index (χ2n) is 4.46. The largest absolute Gasteiger partial charge is 0.478 e. The number of amides is 1. The van der Waals surface area contributed by atoms with Crippen molar-refractivity contribution in [1.82, 2.24) is 5.32 Å². The molecule has 0 radical (unpaired) electrons. The van der Waals surface area contributed by atoms with Crippen molar-refractivity contribution in [2.75, 3.05) is 19.8 Å². The molecule has 0 bridgehead atoms. The molecule has 110 valence electrons. The standard InChI is InChI=1S/C15H21NO4/c1-2-3-9-20-10-5-8-16-14(17)12-6-4-7-13(11-12)15(18)19/h4,6-7,11H,2-3,5,8-10H2,1H3,(H,16,17)(H,18,19). The molecule has 0 unspecified atom stereocenters. The van der Waals surface area contributed by atoms with Gasteiger partial charge in [-0.1, -0.05) is 19.4 Å². The Labute approximate surface area is 118 Å². The number of rotatable bonds is 9. The number of ether oxygens (including phenoxy) is 1. The monoisotopic (exact) mass is 279 g/mol. The second kappa shape index (κ2) is 9.09. The first-order valence-corrected chi connectivity index (χ1v) is 6.84. The molecule has 1 amide bonds. The molecule has 1 aromatic carbocycles. The van der Waals surface area contributed by atoms with Gasteiger partial charge in [-0.2, -0.15) is 0 Å². The molecule has 0 heterocycles. The van der Waals surface area contributed by atoms with E-state index < -0.39 is 5.97 Å². The second-order valence-corrected chi connectivity index (χ2v) is 4.46. The molecule has 20 heavy (non-hydrogen) atoms. The Kier molecular flexibility index (Phi) is 7.35. The highest BCUT2D eigenvalue weighted by molar-refractivity contribution is 5.97. The maximum Gasteiger partial charge on any atom is 0.335 e. The lowest BCUT2D eigenvalue weighted by Gasteiger charge is -2.06. The molecule has 0 aliphatic heterocycles. The fraction of sp³-hybridized carbons (Fsp3) is 0.467. The lowest BCUT2D eigenvalue weighted by molar-refractivity contribution is 0.0697. The van der Waals surface area contributed by atoms with E-state index in [2.05, 4.69) is 12.2 Å². The number of hydrogen-bond donors (Lipinski definition) is 2.